The number of aliphatic imine (C=N–C) groups is 2. The van der Waals surface area contributed by atoms with Gasteiger partial charge in [-0.15, -0.1) is 0 Å². The van der Waals surface area contributed by atoms with Crippen LogP contribution < -0.4 is 22.9 Å². The largest absolute Gasteiger partial charge is 0.494 e. The number of nitrogens with two attached hydrogens (primary N) is 4. The zero-order valence-electron chi connectivity index (χ0n) is 17.0. The van der Waals surface area contributed by atoms with Gasteiger partial charge in [-0.05, 0) is 49.8 Å². The van der Waals surface area contributed by atoms with Gasteiger partial charge in [-0.1, -0.05) is 24.3 Å². The monoisotopic (exact) mass is 402 g/mol. The van der Waals surface area contributed by atoms with Crippen LogP contribution in [0.5, 0.6) is 0 Å². The zero-order valence-corrected chi connectivity index (χ0v) is 17.0. The number of allylic oxidation sites excluding steroid dienone is 2. The number of unbranched alkanes of at least 4 members (excludes halogenated alkanes) is 2. The Hall–Kier alpha value is -2.74. The maximum atomic E-state index is 5.90. The van der Waals surface area contributed by atoms with Crippen molar-refractivity contribution < 1.29 is 9.47 Å². The van der Waals surface area contributed by atoms with Gasteiger partial charge in [0.2, 0.25) is 0 Å². The van der Waals surface area contributed by atoms with E-state index in [2.05, 4.69) is 34.3 Å². The maximum absolute atomic E-state index is 5.90. The van der Waals surface area contributed by atoms with Gasteiger partial charge in [0.25, 0.3) is 0 Å². The lowest BCUT2D eigenvalue weighted by molar-refractivity contribution is 0.0817. The molecule has 0 aromatic rings. The molecule has 2 aliphatic rings. The number of nitrogens with zero attached hydrogens (tertiary/aromatic N) is 2. The van der Waals surface area contributed by atoms with Gasteiger partial charge in [-0.2, -0.15) is 0 Å². The second-order valence-corrected chi connectivity index (χ2v) is 7.16. The summed E-state index contributed by atoms with van der Waals surface area (Å²) in [5, 5.41) is 0. The third-order valence-corrected chi connectivity index (χ3v) is 4.63. The van der Waals surface area contributed by atoms with Crippen LogP contribution in [0.25, 0.3) is 0 Å². The van der Waals surface area contributed by atoms with Gasteiger partial charge in [-0.25, -0.2) is 4.99 Å². The Kier molecular flexibility index (Phi) is 9.85. The Bertz CT molecular complexity index is 685. The van der Waals surface area contributed by atoms with Crippen molar-refractivity contribution in [1.82, 2.24) is 0 Å². The van der Waals surface area contributed by atoms with E-state index < -0.39 is 0 Å². The number of hydrogen-bond acceptors (Lipinski definition) is 4. The second-order valence-electron chi connectivity index (χ2n) is 7.16. The molecule has 8 heteroatoms. The Labute approximate surface area is 173 Å². The van der Waals surface area contributed by atoms with Crippen molar-refractivity contribution in [3.63, 3.8) is 0 Å². The van der Waals surface area contributed by atoms with Crippen LogP contribution >= 0.6 is 0 Å². The van der Waals surface area contributed by atoms with E-state index in [9.17, 15) is 0 Å². The van der Waals surface area contributed by atoms with Gasteiger partial charge in [0.05, 0.1) is 19.3 Å². The van der Waals surface area contributed by atoms with Gasteiger partial charge in [0.15, 0.2) is 11.9 Å². The molecule has 0 aromatic heterocycles. The summed E-state index contributed by atoms with van der Waals surface area (Å²) in [6.45, 7) is 2.61. The fourth-order valence-corrected chi connectivity index (χ4v) is 2.98. The SMILES string of the molecule is NC(N)=NCC1=CCC(OCCCCCOC2=CCC(CN=C(N)N)C=C2)C=C1. The predicted molar refractivity (Wildman–Crippen MR) is 118 cm³/mol. The van der Waals surface area contributed by atoms with Gasteiger partial charge in [-0.3, -0.25) is 4.99 Å². The van der Waals surface area contributed by atoms with Crippen LogP contribution in [0.1, 0.15) is 32.1 Å². The van der Waals surface area contributed by atoms with Crippen LogP contribution in [-0.2, 0) is 9.47 Å². The highest BCUT2D eigenvalue weighted by Crippen LogP contribution is 2.18. The second kappa shape index (κ2) is 12.7. The van der Waals surface area contributed by atoms with Crippen molar-refractivity contribution in [2.24, 2.45) is 38.8 Å². The number of ether oxygens (including phenoxy) is 2. The van der Waals surface area contributed by atoms with E-state index in [1.165, 1.54) is 0 Å². The standard InChI is InChI=1S/C21H34N6O2/c22-20(23)26-14-16-4-8-18(9-5-16)28-12-2-1-3-13-29-19-10-6-17(7-11-19)15-27-21(24)25/h4-6,8,10-11,17-18H,1-3,7,9,12-15H2,(H4,22,23,26)(H4,24,25,27). The average molecular weight is 403 g/mol. The lowest BCUT2D eigenvalue weighted by atomic mass is 10.0. The predicted octanol–water partition coefficient (Wildman–Crippen LogP) is 1.45. The minimum Gasteiger partial charge on any atom is -0.494 e. The summed E-state index contributed by atoms with van der Waals surface area (Å²) in [6, 6.07) is 0. The van der Waals surface area contributed by atoms with E-state index in [4.69, 9.17) is 32.4 Å². The molecule has 8 nitrogen and oxygen atoms in total. The molecule has 0 saturated carbocycles. The molecule has 0 aromatic carbocycles. The fourth-order valence-electron chi connectivity index (χ4n) is 2.98. The molecule has 0 saturated heterocycles. The highest BCUT2D eigenvalue weighted by molar-refractivity contribution is 5.76. The normalized spacial score (nSPS) is 20.6. The highest BCUT2D eigenvalue weighted by Gasteiger charge is 2.10. The summed E-state index contributed by atoms with van der Waals surface area (Å²) in [7, 11) is 0. The molecule has 2 unspecified atom stereocenters. The van der Waals surface area contributed by atoms with Crippen LogP contribution in [0.4, 0.5) is 0 Å². The van der Waals surface area contributed by atoms with Gasteiger partial charge < -0.3 is 32.4 Å². The lowest BCUT2D eigenvalue weighted by Crippen LogP contribution is -2.24. The van der Waals surface area contributed by atoms with Crippen LogP contribution in [0.15, 0.2) is 57.8 Å². The third kappa shape index (κ3) is 9.84. The van der Waals surface area contributed by atoms with E-state index in [-0.39, 0.29) is 18.0 Å². The summed E-state index contributed by atoms with van der Waals surface area (Å²) in [5.41, 5.74) is 22.5. The van der Waals surface area contributed by atoms with Gasteiger partial charge >= 0.3 is 0 Å². The lowest BCUT2D eigenvalue weighted by Gasteiger charge is -2.17. The first-order valence-corrected chi connectivity index (χ1v) is 10.1. The van der Waals surface area contributed by atoms with Crippen molar-refractivity contribution in [3.8, 4) is 0 Å². The van der Waals surface area contributed by atoms with Gasteiger partial charge in [0.1, 0.15) is 5.76 Å². The minimum atomic E-state index is 0.115. The Balaban J connectivity index is 1.47. The molecular weight excluding hydrogens is 368 g/mol. The molecule has 2 rings (SSSR count). The summed E-state index contributed by atoms with van der Waals surface area (Å²) in [5.74, 6) is 1.52. The molecule has 0 amide bonds. The van der Waals surface area contributed by atoms with Crippen LogP contribution in [0.3, 0.4) is 0 Å². The van der Waals surface area contributed by atoms with Crippen molar-refractivity contribution in [1.29, 1.82) is 0 Å². The van der Waals surface area contributed by atoms with E-state index in [0.717, 1.165) is 56.7 Å². The molecule has 0 bridgehead atoms. The topological polar surface area (TPSA) is 147 Å². The molecular formula is C21H34N6O2. The molecule has 8 N–H and O–H groups in total. The quantitative estimate of drug-likeness (QED) is 0.221. The Morgan fingerprint density at radius 2 is 1.69 bits per heavy atom. The molecule has 0 spiro atoms. The summed E-state index contributed by atoms with van der Waals surface area (Å²) in [4.78, 5) is 8.05. The number of rotatable bonds is 12. The first kappa shape index (κ1) is 22.5. The zero-order chi connectivity index (χ0) is 20.9. The average Bonchev–Trinajstić information content (AvgIpc) is 2.71. The van der Waals surface area contributed by atoms with E-state index in [0.29, 0.717) is 19.0 Å². The highest BCUT2D eigenvalue weighted by atomic mass is 16.5. The smallest absolute Gasteiger partial charge is 0.186 e. The Morgan fingerprint density at radius 3 is 2.34 bits per heavy atom. The molecule has 0 aliphatic heterocycles. The molecule has 0 heterocycles. The third-order valence-electron chi connectivity index (χ3n) is 4.63. The van der Waals surface area contributed by atoms with Crippen molar-refractivity contribution >= 4 is 11.9 Å². The van der Waals surface area contributed by atoms with E-state index in [1.54, 1.807) is 0 Å². The molecule has 29 heavy (non-hydrogen) atoms. The van der Waals surface area contributed by atoms with Crippen molar-refractivity contribution in [3.05, 3.63) is 47.8 Å². The molecule has 2 aliphatic carbocycles. The molecule has 2 atom stereocenters. The first-order valence-electron chi connectivity index (χ1n) is 10.1. The van der Waals surface area contributed by atoms with E-state index >= 15 is 0 Å². The minimum absolute atomic E-state index is 0.115. The molecule has 0 radical (unpaired) electrons. The van der Waals surface area contributed by atoms with Crippen LogP contribution in [0.2, 0.25) is 0 Å². The van der Waals surface area contributed by atoms with Crippen LogP contribution in [-0.4, -0.2) is 44.3 Å². The summed E-state index contributed by atoms with van der Waals surface area (Å²) >= 11 is 0. The Morgan fingerprint density at radius 1 is 0.897 bits per heavy atom. The molecule has 160 valence electrons. The number of guanidine groups is 2. The fraction of sp³-hybridized carbons (Fsp3) is 0.524. The summed E-state index contributed by atoms with van der Waals surface area (Å²) < 4.78 is 11.7. The first-order chi connectivity index (χ1) is 14.0. The van der Waals surface area contributed by atoms with E-state index in [1.807, 2.05) is 12.2 Å². The van der Waals surface area contributed by atoms with Crippen molar-refractivity contribution in [2.45, 2.75) is 38.2 Å². The number of hydrogen-bond donors (Lipinski definition) is 4. The summed E-state index contributed by atoms with van der Waals surface area (Å²) in [6.07, 6.45) is 17.4. The van der Waals surface area contributed by atoms with Gasteiger partial charge in [0, 0.05) is 19.1 Å². The maximum Gasteiger partial charge on any atom is 0.186 e. The molecule has 0 fully saturated rings. The van der Waals surface area contributed by atoms with Crippen LogP contribution in [0, 0.1) is 5.92 Å². The van der Waals surface area contributed by atoms with Crippen molar-refractivity contribution in [2.75, 3.05) is 26.3 Å².